The largest absolute Gasteiger partial charge is 0.375 e. The number of nitrogen functional groups attached to an aromatic ring is 1. The van der Waals surface area contributed by atoms with Crippen LogP contribution < -0.4 is 11.5 Å². The lowest BCUT2D eigenvalue weighted by atomic mass is 10.00. The third-order valence-corrected chi connectivity index (χ3v) is 5.96. The topological polar surface area (TPSA) is 102 Å². The minimum absolute atomic E-state index is 0.161. The third-order valence-electron chi connectivity index (χ3n) is 5.02. The molecule has 1 aromatic carbocycles. The molecule has 1 aromatic heterocycles. The van der Waals surface area contributed by atoms with Crippen molar-refractivity contribution in [1.82, 2.24) is 9.88 Å². The number of nitrogens with two attached hydrogens (primary N) is 2. The third kappa shape index (κ3) is 2.31. The smallest absolute Gasteiger partial charge is 0.274 e. The SMILES string of the molecule is [CH2][C@H]1C[C@@]2(C(N)=O)C[C@@H]2N1C(=O)c1nc(N)sc1-c1cccc(F)c1. The lowest BCUT2D eigenvalue weighted by Crippen LogP contribution is -2.37. The Balaban J connectivity index is 1.72. The summed E-state index contributed by atoms with van der Waals surface area (Å²) in [6, 6.07) is 5.32. The summed E-state index contributed by atoms with van der Waals surface area (Å²) in [5, 5.41) is 0.222. The van der Waals surface area contributed by atoms with Gasteiger partial charge < -0.3 is 16.4 Å². The number of anilines is 1. The summed E-state index contributed by atoms with van der Waals surface area (Å²) in [6.07, 6.45) is 1.00. The zero-order valence-corrected chi connectivity index (χ0v) is 14.1. The van der Waals surface area contributed by atoms with Crippen LogP contribution in [-0.2, 0) is 4.79 Å². The molecule has 2 aliphatic rings. The van der Waals surface area contributed by atoms with Gasteiger partial charge in [0.1, 0.15) is 11.5 Å². The first-order chi connectivity index (χ1) is 11.8. The quantitative estimate of drug-likeness (QED) is 0.872. The molecule has 3 atom stereocenters. The van der Waals surface area contributed by atoms with Gasteiger partial charge in [-0.1, -0.05) is 23.5 Å². The first kappa shape index (κ1) is 16.0. The highest BCUT2D eigenvalue weighted by Gasteiger charge is 2.68. The van der Waals surface area contributed by atoms with E-state index in [-0.39, 0.29) is 28.8 Å². The Hall–Kier alpha value is -2.48. The number of hydrogen-bond acceptors (Lipinski definition) is 5. The summed E-state index contributed by atoms with van der Waals surface area (Å²) in [7, 11) is 0. The van der Waals surface area contributed by atoms with Crippen molar-refractivity contribution in [2.75, 3.05) is 5.73 Å². The van der Waals surface area contributed by atoms with Gasteiger partial charge in [0.15, 0.2) is 5.13 Å². The predicted octanol–water partition coefficient (Wildman–Crippen LogP) is 1.82. The van der Waals surface area contributed by atoms with Gasteiger partial charge >= 0.3 is 0 Å². The van der Waals surface area contributed by atoms with Gasteiger partial charge in [-0.05, 0) is 37.5 Å². The highest BCUT2D eigenvalue weighted by atomic mass is 32.1. The lowest BCUT2D eigenvalue weighted by Gasteiger charge is -2.23. The molecule has 1 aliphatic heterocycles. The van der Waals surface area contributed by atoms with E-state index in [1.54, 1.807) is 17.0 Å². The van der Waals surface area contributed by atoms with Gasteiger partial charge in [0.25, 0.3) is 5.91 Å². The summed E-state index contributed by atoms with van der Waals surface area (Å²) < 4.78 is 13.6. The molecule has 6 nitrogen and oxygen atoms in total. The second kappa shape index (κ2) is 5.26. The molecule has 2 fully saturated rings. The van der Waals surface area contributed by atoms with Crippen molar-refractivity contribution in [3.05, 3.63) is 42.7 Å². The molecule has 25 heavy (non-hydrogen) atoms. The van der Waals surface area contributed by atoms with Crippen molar-refractivity contribution in [2.24, 2.45) is 11.1 Å². The minimum Gasteiger partial charge on any atom is -0.375 e. The standard InChI is InChI=1S/C17H16FN4O2S/c1-8-6-17(15(19)24)7-11(17)22(8)14(23)12-13(25-16(20)21-12)9-3-2-4-10(18)5-9/h2-5,8,11H,1,6-7H2,(H2,19,24)(H2,20,21)/t8-,11-,17+/m0/s1. The van der Waals surface area contributed by atoms with Crippen molar-refractivity contribution < 1.29 is 14.0 Å². The monoisotopic (exact) mass is 359 g/mol. The number of amides is 2. The molecule has 8 heteroatoms. The Morgan fingerprint density at radius 2 is 2.16 bits per heavy atom. The first-order valence-corrected chi connectivity index (χ1v) is 8.63. The number of halogens is 1. The summed E-state index contributed by atoms with van der Waals surface area (Å²) in [5.74, 6) is -1.16. The van der Waals surface area contributed by atoms with Crippen LogP contribution in [0, 0.1) is 18.2 Å². The van der Waals surface area contributed by atoms with Crippen molar-refractivity contribution in [3.8, 4) is 10.4 Å². The Morgan fingerprint density at radius 3 is 2.80 bits per heavy atom. The summed E-state index contributed by atoms with van der Waals surface area (Å²) in [5.41, 5.74) is 11.3. The summed E-state index contributed by atoms with van der Waals surface area (Å²) in [6.45, 7) is 3.98. The molecule has 2 amide bonds. The van der Waals surface area contributed by atoms with Crippen LogP contribution in [0.3, 0.4) is 0 Å². The Bertz CT molecular complexity index is 899. The maximum atomic E-state index is 13.6. The number of nitrogens with zero attached hydrogens (tertiary/aromatic N) is 2. The number of fused-ring (bicyclic) bond motifs is 1. The highest BCUT2D eigenvalue weighted by Crippen LogP contribution is 2.59. The minimum atomic E-state index is -0.664. The van der Waals surface area contributed by atoms with E-state index in [4.69, 9.17) is 11.5 Å². The second-order valence-electron chi connectivity index (χ2n) is 6.55. The first-order valence-electron chi connectivity index (χ1n) is 7.81. The molecule has 1 aliphatic carbocycles. The van der Waals surface area contributed by atoms with Gasteiger partial charge in [0.2, 0.25) is 5.91 Å². The molecular formula is C17H16FN4O2S. The number of thiazole rings is 1. The van der Waals surface area contributed by atoms with Crippen molar-refractivity contribution >= 4 is 28.3 Å². The Morgan fingerprint density at radius 1 is 1.40 bits per heavy atom. The number of carbonyl (C=O) groups excluding carboxylic acids is 2. The van der Waals surface area contributed by atoms with E-state index in [1.165, 1.54) is 12.1 Å². The van der Waals surface area contributed by atoms with Crippen LogP contribution in [0.15, 0.2) is 24.3 Å². The molecule has 0 bridgehead atoms. The molecule has 2 aromatic rings. The van der Waals surface area contributed by atoms with Crippen LogP contribution >= 0.6 is 11.3 Å². The Labute approximate surface area is 147 Å². The number of primary amides is 1. The van der Waals surface area contributed by atoms with Crippen LogP contribution in [0.25, 0.3) is 10.4 Å². The summed E-state index contributed by atoms with van der Waals surface area (Å²) >= 11 is 1.13. The summed E-state index contributed by atoms with van der Waals surface area (Å²) in [4.78, 5) is 31.0. The molecule has 0 unspecified atom stereocenters. The zero-order chi connectivity index (χ0) is 17.9. The number of hydrogen-bond donors (Lipinski definition) is 2. The molecule has 129 valence electrons. The lowest BCUT2D eigenvalue weighted by molar-refractivity contribution is -0.123. The van der Waals surface area contributed by atoms with Gasteiger partial charge in [-0.2, -0.15) is 0 Å². The fourth-order valence-corrected chi connectivity index (χ4v) is 4.57. The predicted molar refractivity (Wildman–Crippen MR) is 91.9 cm³/mol. The van der Waals surface area contributed by atoms with Gasteiger partial charge in [-0.25, -0.2) is 9.37 Å². The van der Waals surface area contributed by atoms with Crippen LogP contribution in [0.2, 0.25) is 0 Å². The van der Waals surface area contributed by atoms with E-state index in [0.29, 0.717) is 23.3 Å². The number of benzene rings is 1. The molecule has 2 heterocycles. The molecule has 1 saturated heterocycles. The van der Waals surface area contributed by atoms with E-state index >= 15 is 0 Å². The van der Waals surface area contributed by atoms with Crippen molar-refractivity contribution in [1.29, 1.82) is 0 Å². The molecule has 4 N–H and O–H groups in total. The fraction of sp³-hybridized carbons (Fsp3) is 0.294. The highest BCUT2D eigenvalue weighted by molar-refractivity contribution is 7.19. The van der Waals surface area contributed by atoms with Crippen LogP contribution in [0.1, 0.15) is 23.3 Å². The number of aromatic nitrogens is 1. The molecular weight excluding hydrogens is 343 g/mol. The molecule has 0 spiro atoms. The van der Waals surface area contributed by atoms with Gasteiger partial charge in [0.05, 0.1) is 10.3 Å². The van der Waals surface area contributed by atoms with Crippen LogP contribution in [0.4, 0.5) is 9.52 Å². The average molecular weight is 359 g/mol. The average Bonchev–Trinajstić information content (AvgIpc) is 2.98. The van der Waals surface area contributed by atoms with Gasteiger partial charge in [-0.15, -0.1) is 0 Å². The van der Waals surface area contributed by atoms with E-state index in [2.05, 4.69) is 11.9 Å². The molecule has 1 saturated carbocycles. The maximum Gasteiger partial charge on any atom is 0.274 e. The van der Waals surface area contributed by atoms with E-state index in [1.807, 2.05) is 0 Å². The van der Waals surface area contributed by atoms with Crippen molar-refractivity contribution in [2.45, 2.75) is 24.9 Å². The second-order valence-corrected chi connectivity index (χ2v) is 7.58. The number of piperidine rings is 1. The number of likely N-dealkylation sites (tertiary alicyclic amines) is 1. The van der Waals surface area contributed by atoms with E-state index in [0.717, 1.165) is 11.3 Å². The maximum absolute atomic E-state index is 13.6. The van der Waals surface area contributed by atoms with Crippen LogP contribution in [0.5, 0.6) is 0 Å². The number of carbonyl (C=O) groups is 2. The van der Waals surface area contributed by atoms with Crippen LogP contribution in [-0.4, -0.2) is 33.8 Å². The van der Waals surface area contributed by atoms with E-state index < -0.39 is 17.1 Å². The molecule has 1 radical (unpaired) electrons. The van der Waals surface area contributed by atoms with E-state index in [9.17, 15) is 14.0 Å². The van der Waals surface area contributed by atoms with Gasteiger partial charge in [-0.3, -0.25) is 9.59 Å². The number of rotatable bonds is 3. The Kier molecular flexibility index (Phi) is 3.37. The normalized spacial score (nSPS) is 27.2. The fourth-order valence-electron chi connectivity index (χ4n) is 3.75. The van der Waals surface area contributed by atoms with Gasteiger partial charge in [0, 0.05) is 12.1 Å². The zero-order valence-electron chi connectivity index (χ0n) is 13.2. The molecule has 4 rings (SSSR count). The van der Waals surface area contributed by atoms with Crippen molar-refractivity contribution in [3.63, 3.8) is 0 Å².